The number of carbonyl (C=O) groups excluding carboxylic acids is 1. The number of aromatic amines is 1. The first-order valence-corrected chi connectivity index (χ1v) is 10.8. The maximum absolute atomic E-state index is 12.9. The number of hydrogen-bond donors (Lipinski definition) is 2. The second-order valence-corrected chi connectivity index (χ2v) is 8.76. The summed E-state index contributed by atoms with van der Waals surface area (Å²) in [6.07, 6.45) is 2.72. The molecule has 0 spiro atoms. The van der Waals surface area contributed by atoms with E-state index in [9.17, 15) is 13.2 Å². The Labute approximate surface area is 165 Å². The quantitative estimate of drug-likeness (QED) is 0.619. The number of aromatic nitrogens is 2. The highest BCUT2D eigenvalue weighted by Gasteiger charge is 2.20. The molecule has 0 amide bonds. The van der Waals surface area contributed by atoms with Gasteiger partial charge in [-0.15, -0.1) is 0 Å². The standard InChI is InChI=1S/C21H23N3O3S/c1-13-7-8-16(14(2)12-13)21(25)19-10-9-17(23-19)15(3)20-18(6-5-11-22-20)24-28(4,26)27/h5-12,15,23-24H,1-4H3. The number of anilines is 1. The molecular weight excluding hydrogens is 374 g/mol. The molecule has 1 aromatic carbocycles. The molecule has 3 aromatic rings. The highest BCUT2D eigenvalue weighted by Crippen LogP contribution is 2.28. The molecule has 0 saturated carbocycles. The van der Waals surface area contributed by atoms with Crippen LogP contribution in [0.1, 0.15) is 51.4 Å². The maximum Gasteiger partial charge on any atom is 0.229 e. The van der Waals surface area contributed by atoms with Crippen molar-refractivity contribution >= 4 is 21.5 Å². The van der Waals surface area contributed by atoms with E-state index in [1.165, 1.54) is 0 Å². The first kappa shape index (κ1) is 19.8. The molecule has 2 N–H and O–H groups in total. The molecule has 7 heteroatoms. The van der Waals surface area contributed by atoms with Crippen molar-refractivity contribution in [2.45, 2.75) is 26.7 Å². The van der Waals surface area contributed by atoms with E-state index in [0.29, 0.717) is 22.6 Å². The number of H-pyrrole nitrogens is 1. The third kappa shape index (κ3) is 4.31. The SMILES string of the molecule is Cc1ccc(C(=O)c2ccc(C(C)c3ncccc3NS(C)(=O)=O)[nH]2)c(C)c1. The van der Waals surface area contributed by atoms with E-state index in [0.717, 1.165) is 23.1 Å². The monoisotopic (exact) mass is 397 g/mol. The molecule has 2 heterocycles. The lowest BCUT2D eigenvalue weighted by molar-refractivity contribution is 0.103. The number of hydrogen-bond acceptors (Lipinski definition) is 4. The number of sulfonamides is 1. The van der Waals surface area contributed by atoms with Crippen molar-refractivity contribution in [1.82, 2.24) is 9.97 Å². The zero-order valence-corrected chi connectivity index (χ0v) is 17.1. The Morgan fingerprint density at radius 1 is 1.14 bits per heavy atom. The molecule has 2 aromatic heterocycles. The van der Waals surface area contributed by atoms with E-state index in [-0.39, 0.29) is 11.7 Å². The molecule has 146 valence electrons. The Morgan fingerprint density at radius 2 is 1.89 bits per heavy atom. The minimum atomic E-state index is -3.42. The number of carbonyl (C=O) groups is 1. The maximum atomic E-state index is 12.9. The molecule has 0 radical (unpaired) electrons. The van der Waals surface area contributed by atoms with Gasteiger partial charge in [-0.3, -0.25) is 14.5 Å². The Balaban J connectivity index is 1.91. The smallest absolute Gasteiger partial charge is 0.229 e. The van der Waals surface area contributed by atoms with Gasteiger partial charge >= 0.3 is 0 Å². The second kappa shape index (κ2) is 7.59. The van der Waals surface area contributed by atoms with E-state index < -0.39 is 10.0 Å². The van der Waals surface area contributed by atoms with Gasteiger partial charge in [-0.2, -0.15) is 0 Å². The van der Waals surface area contributed by atoms with Crippen molar-refractivity contribution in [3.63, 3.8) is 0 Å². The zero-order chi connectivity index (χ0) is 20.5. The summed E-state index contributed by atoms with van der Waals surface area (Å²) >= 11 is 0. The van der Waals surface area contributed by atoms with Crippen molar-refractivity contribution in [2.24, 2.45) is 0 Å². The van der Waals surface area contributed by atoms with Crippen LogP contribution in [0.15, 0.2) is 48.7 Å². The number of pyridine rings is 1. The molecule has 1 atom stereocenters. The first-order valence-electron chi connectivity index (χ1n) is 8.89. The predicted molar refractivity (Wildman–Crippen MR) is 110 cm³/mol. The molecule has 28 heavy (non-hydrogen) atoms. The summed E-state index contributed by atoms with van der Waals surface area (Å²) in [7, 11) is -3.42. The Kier molecular flexibility index (Phi) is 5.38. The molecule has 0 saturated heterocycles. The topological polar surface area (TPSA) is 91.9 Å². The van der Waals surface area contributed by atoms with E-state index in [4.69, 9.17) is 0 Å². The van der Waals surface area contributed by atoms with Crippen LogP contribution in [0.3, 0.4) is 0 Å². The number of aryl methyl sites for hydroxylation is 2. The summed E-state index contributed by atoms with van der Waals surface area (Å²) in [6.45, 7) is 5.82. The third-order valence-electron chi connectivity index (χ3n) is 4.59. The average Bonchev–Trinajstić information content (AvgIpc) is 3.10. The zero-order valence-electron chi connectivity index (χ0n) is 16.3. The second-order valence-electron chi connectivity index (χ2n) is 7.01. The van der Waals surface area contributed by atoms with Gasteiger partial charge in [0.1, 0.15) is 0 Å². The summed E-state index contributed by atoms with van der Waals surface area (Å²) < 4.78 is 25.8. The van der Waals surface area contributed by atoms with Crippen molar-refractivity contribution in [3.05, 3.63) is 82.4 Å². The van der Waals surface area contributed by atoms with Crippen LogP contribution in [0.5, 0.6) is 0 Å². The van der Waals surface area contributed by atoms with Crippen molar-refractivity contribution in [3.8, 4) is 0 Å². The normalized spacial score (nSPS) is 12.6. The third-order valence-corrected chi connectivity index (χ3v) is 5.18. The van der Waals surface area contributed by atoms with Crippen LogP contribution in [0.25, 0.3) is 0 Å². The first-order chi connectivity index (χ1) is 13.2. The van der Waals surface area contributed by atoms with E-state index in [1.807, 2.05) is 45.0 Å². The summed E-state index contributed by atoms with van der Waals surface area (Å²) in [4.78, 5) is 20.4. The molecule has 6 nitrogen and oxygen atoms in total. The average molecular weight is 398 g/mol. The molecular formula is C21H23N3O3S. The highest BCUT2D eigenvalue weighted by atomic mass is 32.2. The van der Waals surface area contributed by atoms with Gasteiger partial charge in [0, 0.05) is 23.4 Å². The van der Waals surface area contributed by atoms with Gasteiger partial charge in [0.2, 0.25) is 15.8 Å². The number of nitrogens with one attached hydrogen (secondary N) is 2. The lowest BCUT2D eigenvalue weighted by atomic mass is 10.0. The molecule has 0 bridgehead atoms. The number of nitrogens with zero attached hydrogens (tertiary/aromatic N) is 1. The van der Waals surface area contributed by atoms with Crippen LogP contribution >= 0.6 is 0 Å². The lowest BCUT2D eigenvalue weighted by Gasteiger charge is -2.15. The fourth-order valence-corrected chi connectivity index (χ4v) is 3.78. The fraction of sp³-hybridized carbons (Fsp3) is 0.238. The predicted octanol–water partition coefficient (Wildman–Crippen LogP) is 3.78. The number of benzene rings is 1. The van der Waals surface area contributed by atoms with Crippen LogP contribution in [-0.2, 0) is 10.0 Å². The molecule has 0 aliphatic carbocycles. The Morgan fingerprint density at radius 3 is 2.57 bits per heavy atom. The summed E-state index contributed by atoms with van der Waals surface area (Å²) in [5.41, 5.74) is 4.97. The molecule has 0 fully saturated rings. The summed E-state index contributed by atoms with van der Waals surface area (Å²) in [5.74, 6) is -0.308. The number of rotatable bonds is 6. The van der Waals surface area contributed by atoms with E-state index in [2.05, 4.69) is 14.7 Å². The van der Waals surface area contributed by atoms with Crippen molar-refractivity contribution < 1.29 is 13.2 Å². The minimum absolute atomic E-state index is 0.0774. The van der Waals surface area contributed by atoms with Gasteiger partial charge in [-0.05, 0) is 43.7 Å². The van der Waals surface area contributed by atoms with Crippen LogP contribution in [-0.4, -0.2) is 30.4 Å². The van der Waals surface area contributed by atoms with Gasteiger partial charge in [0.15, 0.2) is 0 Å². The van der Waals surface area contributed by atoms with Crippen molar-refractivity contribution in [2.75, 3.05) is 11.0 Å². The summed E-state index contributed by atoms with van der Waals surface area (Å²) in [5, 5.41) is 0. The minimum Gasteiger partial charge on any atom is -0.355 e. The van der Waals surface area contributed by atoms with E-state index >= 15 is 0 Å². The largest absolute Gasteiger partial charge is 0.355 e. The van der Waals surface area contributed by atoms with Crippen LogP contribution in [0.2, 0.25) is 0 Å². The summed E-state index contributed by atoms with van der Waals surface area (Å²) in [6, 6.07) is 12.7. The van der Waals surface area contributed by atoms with Gasteiger partial charge in [0.05, 0.1) is 23.3 Å². The van der Waals surface area contributed by atoms with Gasteiger partial charge in [-0.1, -0.05) is 30.7 Å². The van der Waals surface area contributed by atoms with Gasteiger partial charge in [-0.25, -0.2) is 8.42 Å². The highest BCUT2D eigenvalue weighted by molar-refractivity contribution is 7.92. The Hall–Kier alpha value is -2.93. The fourth-order valence-electron chi connectivity index (χ4n) is 3.21. The number of ketones is 1. The molecule has 1 unspecified atom stereocenters. The molecule has 3 rings (SSSR count). The van der Waals surface area contributed by atoms with Crippen LogP contribution in [0.4, 0.5) is 5.69 Å². The van der Waals surface area contributed by atoms with Crippen molar-refractivity contribution in [1.29, 1.82) is 0 Å². The molecule has 0 aliphatic rings. The Bertz CT molecular complexity index is 1130. The van der Waals surface area contributed by atoms with Gasteiger partial charge in [0.25, 0.3) is 0 Å². The van der Waals surface area contributed by atoms with E-state index in [1.54, 1.807) is 24.4 Å². The van der Waals surface area contributed by atoms with Gasteiger partial charge < -0.3 is 4.98 Å². The van der Waals surface area contributed by atoms with Crippen LogP contribution in [0, 0.1) is 13.8 Å². The molecule has 0 aliphatic heterocycles. The van der Waals surface area contributed by atoms with Crippen LogP contribution < -0.4 is 4.72 Å². The lowest BCUT2D eigenvalue weighted by Crippen LogP contribution is -2.13.